The quantitative estimate of drug-likeness (QED) is 0.830. The van der Waals surface area contributed by atoms with E-state index in [0.717, 1.165) is 25.9 Å². The van der Waals surface area contributed by atoms with Crippen LogP contribution in [0.4, 0.5) is 0 Å². The van der Waals surface area contributed by atoms with Crippen LogP contribution in [0.2, 0.25) is 0 Å². The molecule has 0 spiro atoms. The number of likely N-dealkylation sites (tertiary alicyclic amines) is 2. The Balaban J connectivity index is 1.55. The summed E-state index contributed by atoms with van der Waals surface area (Å²) in [5.41, 5.74) is 0. The Morgan fingerprint density at radius 1 is 1.11 bits per heavy atom. The zero-order valence-corrected chi connectivity index (χ0v) is 12.1. The molecule has 2 heterocycles. The van der Waals surface area contributed by atoms with Crippen molar-refractivity contribution in [2.75, 3.05) is 26.7 Å². The van der Waals surface area contributed by atoms with Gasteiger partial charge in [0, 0.05) is 25.2 Å². The van der Waals surface area contributed by atoms with E-state index >= 15 is 0 Å². The van der Waals surface area contributed by atoms with Crippen molar-refractivity contribution >= 4 is 5.91 Å². The number of hydrogen-bond acceptors (Lipinski definition) is 3. The van der Waals surface area contributed by atoms with Crippen LogP contribution in [0.5, 0.6) is 0 Å². The van der Waals surface area contributed by atoms with E-state index in [-0.39, 0.29) is 6.04 Å². The number of carbonyl (C=O) groups excluding carboxylic acids is 1. The van der Waals surface area contributed by atoms with Gasteiger partial charge in [-0.15, -0.1) is 0 Å². The molecule has 0 aromatic heterocycles. The molecule has 4 nitrogen and oxygen atoms in total. The summed E-state index contributed by atoms with van der Waals surface area (Å²) in [7, 11) is 2.21. The predicted molar refractivity (Wildman–Crippen MR) is 76.0 cm³/mol. The smallest absolute Gasteiger partial charge is 0.239 e. The number of carbonyl (C=O) groups is 1. The van der Waals surface area contributed by atoms with Gasteiger partial charge in [0.25, 0.3) is 0 Å². The van der Waals surface area contributed by atoms with Crippen molar-refractivity contribution in [3.05, 3.63) is 0 Å². The van der Waals surface area contributed by atoms with Gasteiger partial charge < -0.3 is 15.1 Å². The van der Waals surface area contributed by atoms with E-state index in [0.29, 0.717) is 18.0 Å². The van der Waals surface area contributed by atoms with Gasteiger partial charge in [-0.25, -0.2) is 0 Å². The summed E-state index contributed by atoms with van der Waals surface area (Å²) >= 11 is 0. The van der Waals surface area contributed by atoms with Gasteiger partial charge in [-0.1, -0.05) is 6.42 Å². The van der Waals surface area contributed by atoms with Gasteiger partial charge in [0.2, 0.25) is 5.91 Å². The second-order valence-corrected chi connectivity index (χ2v) is 6.55. The highest BCUT2D eigenvalue weighted by molar-refractivity contribution is 5.82. The molecule has 1 saturated carbocycles. The molecule has 0 aromatic rings. The fraction of sp³-hybridized carbons (Fsp3) is 0.933. The fourth-order valence-electron chi connectivity index (χ4n) is 3.44. The summed E-state index contributed by atoms with van der Waals surface area (Å²) in [5.74, 6) is 0.358. The van der Waals surface area contributed by atoms with Crippen molar-refractivity contribution in [3.63, 3.8) is 0 Å². The average molecular weight is 265 g/mol. The SMILES string of the molecule is CN1CCCCC1CN1CCCC(NC2CC2)C1=O. The normalized spacial score (nSPS) is 33.7. The maximum Gasteiger partial charge on any atom is 0.239 e. The average Bonchev–Trinajstić information content (AvgIpc) is 3.21. The van der Waals surface area contributed by atoms with Gasteiger partial charge in [0.1, 0.15) is 0 Å². The molecule has 2 unspecified atom stereocenters. The second-order valence-electron chi connectivity index (χ2n) is 6.55. The lowest BCUT2D eigenvalue weighted by atomic mass is 9.99. The van der Waals surface area contributed by atoms with Gasteiger partial charge in [0.15, 0.2) is 0 Å². The summed E-state index contributed by atoms with van der Waals surface area (Å²) in [6, 6.07) is 1.32. The Morgan fingerprint density at radius 2 is 1.95 bits per heavy atom. The first-order chi connectivity index (χ1) is 9.24. The number of nitrogens with one attached hydrogen (secondary N) is 1. The van der Waals surface area contributed by atoms with Crippen LogP contribution in [-0.2, 0) is 4.79 Å². The van der Waals surface area contributed by atoms with Crippen molar-refractivity contribution in [1.29, 1.82) is 0 Å². The predicted octanol–water partition coefficient (Wildman–Crippen LogP) is 1.21. The molecular formula is C15H27N3O. The van der Waals surface area contributed by atoms with Crippen molar-refractivity contribution in [1.82, 2.24) is 15.1 Å². The third kappa shape index (κ3) is 3.29. The molecular weight excluding hydrogens is 238 g/mol. The summed E-state index contributed by atoms with van der Waals surface area (Å²) in [4.78, 5) is 17.1. The van der Waals surface area contributed by atoms with Crippen LogP contribution in [0.1, 0.15) is 44.9 Å². The molecule has 0 aromatic carbocycles. The molecule has 19 heavy (non-hydrogen) atoms. The van der Waals surface area contributed by atoms with Gasteiger partial charge in [-0.3, -0.25) is 4.79 Å². The Kier molecular flexibility index (Phi) is 4.08. The van der Waals surface area contributed by atoms with E-state index in [1.165, 1.54) is 38.6 Å². The van der Waals surface area contributed by atoms with E-state index in [2.05, 4.69) is 22.2 Å². The minimum Gasteiger partial charge on any atom is -0.340 e. The maximum atomic E-state index is 12.5. The number of hydrogen-bond donors (Lipinski definition) is 1. The number of nitrogens with zero attached hydrogens (tertiary/aromatic N) is 2. The lowest BCUT2D eigenvalue weighted by Crippen LogP contribution is -2.55. The minimum atomic E-state index is 0.107. The largest absolute Gasteiger partial charge is 0.340 e. The molecule has 1 N–H and O–H groups in total. The Morgan fingerprint density at radius 3 is 2.68 bits per heavy atom. The van der Waals surface area contributed by atoms with Crippen LogP contribution in [-0.4, -0.2) is 60.5 Å². The number of piperidine rings is 2. The molecule has 1 amide bonds. The Hall–Kier alpha value is -0.610. The Labute approximate surface area is 116 Å². The summed E-state index contributed by atoms with van der Waals surface area (Å²) in [5, 5.41) is 3.52. The number of rotatable bonds is 4. The van der Waals surface area contributed by atoms with E-state index in [1.54, 1.807) is 0 Å². The van der Waals surface area contributed by atoms with E-state index in [1.807, 2.05) is 0 Å². The highest BCUT2D eigenvalue weighted by Crippen LogP contribution is 2.23. The molecule has 4 heteroatoms. The third-order valence-corrected chi connectivity index (χ3v) is 4.90. The lowest BCUT2D eigenvalue weighted by molar-refractivity contribution is -0.137. The summed E-state index contributed by atoms with van der Waals surface area (Å²) < 4.78 is 0. The van der Waals surface area contributed by atoms with Crippen LogP contribution in [0, 0.1) is 0 Å². The zero-order chi connectivity index (χ0) is 13.2. The van der Waals surface area contributed by atoms with Gasteiger partial charge >= 0.3 is 0 Å². The topological polar surface area (TPSA) is 35.6 Å². The third-order valence-electron chi connectivity index (χ3n) is 4.90. The van der Waals surface area contributed by atoms with Crippen LogP contribution in [0.25, 0.3) is 0 Å². The second kappa shape index (κ2) is 5.80. The highest BCUT2D eigenvalue weighted by Gasteiger charge is 2.34. The van der Waals surface area contributed by atoms with Crippen LogP contribution < -0.4 is 5.32 Å². The summed E-state index contributed by atoms with van der Waals surface area (Å²) in [6.07, 6.45) is 8.60. The van der Waals surface area contributed by atoms with Gasteiger partial charge in [-0.2, -0.15) is 0 Å². The maximum absolute atomic E-state index is 12.5. The molecule has 2 aliphatic heterocycles. The molecule has 0 bridgehead atoms. The van der Waals surface area contributed by atoms with E-state index < -0.39 is 0 Å². The fourth-order valence-corrected chi connectivity index (χ4v) is 3.44. The first-order valence-electron chi connectivity index (χ1n) is 7.99. The highest BCUT2D eigenvalue weighted by atomic mass is 16.2. The standard InChI is InChI=1S/C15H27N3O/c1-17-9-3-2-5-13(17)11-18-10-4-6-14(15(18)19)16-12-7-8-12/h12-14,16H,2-11H2,1H3. The van der Waals surface area contributed by atoms with Gasteiger partial charge in [0.05, 0.1) is 6.04 Å². The van der Waals surface area contributed by atoms with Crippen LogP contribution in [0.15, 0.2) is 0 Å². The minimum absolute atomic E-state index is 0.107. The molecule has 3 rings (SSSR count). The molecule has 108 valence electrons. The van der Waals surface area contributed by atoms with Crippen molar-refractivity contribution in [3.8, 4) is 0 Å². The van der Waals surface area contributed by atoms with Gasteiger partial charge in [-0.05, 0) is 52.1 Å². The first kappa shape index (κ1) is 13.4. The zero-order valence-electron chi connectivity index (χ0n) is 12.1. The molecule has 3 aliphatic rings. The van der Waals surface area contributed by atoms with Crippen LogP contribution in [0.3, 0.4) is 0 Å². The number of amides is 1. The lowest BCUT2D eigenvalue weighted by Gasteiger charge is -2.39. The molecule has 0 radical (unpaired) electrons. The summed E-state index contributed by atoms with van der Waals surface area (Å²) in [6.45, 7) is 3.10. The molecule has 2 atom stereocenters. The van der Waals surface area contributed by atoms with Crippen molar-refractivity contribution in [2.24, 2.45) is 0 Å². The molecule has 1 aliphatic carbocycles. The molecule has 3 fully saturated rings. The van der Waals surface area contributed by atoms with E-state index in [4.69, 9.17) is 0 Å². The van der Waals surface area contributed by atoms with E-state index in [9.17, 15) is 4.79 Å². The van der Waals surface area contributed by atoms with Crippen molar-refractivity contribution in [2.45, 2.75) is 63.1 Å². The van der Waals surface area contributed by atoms with Crippen LogP contribution >= 0.6 is 0 Å². The number of likely N-dealkylation sites (N-methyl/N-ethyl adjacent to an activating group) is 1. The molecule has 2 saturated heterocycles. The first-order valence-corrected chi connectivity index (χ1v) is 7.99. The van der Waals surface area contributed by atoms with Crippen molar-refractivity contribution < 1.29 is 4.79 Å². The monoisotopic (exact) mass is 265 g/mol. The Bertz CT molecular complexity index is 329.